The van der Waals surface area contributed by atoms with Crippen molar-refractivity contribution in [2.45, 2.75) is 6.42 Å². The van der Waals surface area contributed by atoms with Crippen molar-refractivity contribution >= 4 is 17.4 Å². The average Bonchev–Trinajstić information content (AvgIpc) is 2.18. The minimum Gasteiger partial charge on any atom is -0.493 e. The first-order valence-corrected chi connectivity index (χ1v) is 5.80. The highest BCUT2D eigenvalue weighted by Crippen LogP contribution is 2.18. The number of benzene rings is 1. The van der Waals surface area contributed by atoms with E-state index in [1.54, 1.807) is 17.8 Å². The van der Waals surface area contributed by atoms with Gasteiger partial charge in [0.15, 0.2) is 0 Å². The zero-order valence-corrected chi connectivity index (χ0v) is 8.94. The van der Waals surface area contributed by atoms with Crippen molar-refractivity contribution < 1.29 is 9.13 Å². The van der Waals surface area contributed by atoms with Gasteiger partial charge in [0.05, 0.1) is 12.3 Å². The number of nitrogen functional groups attached to an aromatic ring is 1. The summed E-state index contributed by atoms with van der Waals surface area (Å²) in [4.78, 5) is 0. The quantitative estimate of drug-likeness (QED) is 0.605. The molecule has 4 heteroatoms. The third-order valence-electron chi connectivity index (χ3n) is 1.73. The van der Waals surface area contributed by atoms with Gasteiger partial charge in [0.1, 0.15) is 11.6 Å². The van der Waals surface area contributed by atoms with Gasteiger partial charge in [-0.05, 0) is 30.6 Å². The van der Waals surface area contributed by atoms with Gasteiger partial charge in [-0.15, -0.1) is 0 Å². The van der Waals surface area contributed by atoms with E-state index in [1.807, 2.05) is 6.26 Å². The van der Waals surface area contributed by atoms with Crippen LogP contribution in [0.25, 0.3) is 0 Å². The molecule has 2 nitrogen and oxygen atoms in total. The van der Waals surface area contributed by atoms with E-state index < -0.39 is 5.82 Å². The summed E-state index contributed by atoms with van der Waals surface area (Å²) in [6.45, 7) is 0.615. The van der Waals surface area contributed by atoms with E-state index in [9.17, 15) is 4.39 Å². The van der Waals surface area contributed by atoms with Crippen LogP contribution in [0, 0.1) is 5.82 Å². The molecule has 0 radical (unpaired) electrons. The summed E-state index contributed by atoms with van der Waals surface area (Å²) in [6.07, 6.45) is 3.01. The number of thioether (sulfide) groups is 1. The summed E-state index contributed by atoms with van der Waals surface area (Å²) in [6, 6.07) is 4.51. The second kappa shape index (κ2) is 5.75. The fraction of sp³-hybridized carbons (Fsp3) is 0.400. The van der Waals surface area contributed by atoms with Gasteiger partial charge in [-0.2, -0.15) is 11.8 Å². The smallest absolute Gasteiger partial charge is 0.149 e. The zero-order valence-electron chi connectivity index (χ0n) is 8.13. The van der Waals surface area contributed by atoms with Crippen molar-refractivity contribution in [3.05, 3.63) is 24.0 Å². The van der Waals surface area contributed by atoms with Crippen LogP contribution in [0.2, 0.25) is 0 Å². The SMILES string of the molecule is CSCCCOc1ccc(N)c(F)c1. The minimum atomic E-state index is -0.424. The van der Waals surface area contributed by atoms with Crippen LogP contribution in [-0.2, 0) is 0 Å². The lowest BCUT2D eigenvalue weighted by Gasteiger charge is -2.06. The maximum Gasteiger partial charge on any atom is 0.149 e. The molecule has 0 bridgehead atoms. The van der Waals surface area contributed by atoms with E-state index in [4.69, 9.17) is 10.5 Å². The standard InChI is InChI=1S/C10H14FNOS/c1-14-6-2-5-13-8-3-4-10(12)9(11)7-8/h3-4,7H,2,5-6,12H2,1H3. The third-order valence-corrected chi connectivity index (χ3v) is 2.43. The molecule has 0 saturated carbocycles. The molecule has 78 valence electrons. The first-order chi connectivity index (χ1) is 6.74. The number of nitrogens with two attached hydrogens (primary N) is 1. The highest BCUT2D eigenvalue weighted by molar-refractivity contribution is 7.98. The van der Waals surface area contributed by atoms with Crippen LogP contribution in [0.15, 0.2) is 18.2 Å². The molecule has 0 aliphatic rings. The lowest BCUT2D eigenvalue weighted by atomic mass is 10.3. The molecule has 1 aromatic carbocycles. The molecule has 0 unspecified atom stereocenters. The van der Waals surface area contributed by atoms with Gasteiger partial charge in [0, 0.05) is 6.07 Å². The first kappa shape index (κ1) is 11.2. The number of hydrogen-bond donors (Lipinski definition) is 1. The molecule has 0 spiro atoms. The Kier molecular flexibility index (Phi) is 4.59. The largest absolute Gasteiger partial charge is 0.493 e. The fourth-order valence-corrected chi connectivity index (χ4v) is 1.40. The fourth-order valence-electron chi connectivity index (χ4n) is 0.991. The van der Waals surface area contributed by atoms with Crippen molar-refractivity contribution in [1.29, 1.82) is 0 Å². The van der Waals surface area contributed by atoms with Crippen LogP contribution in [-0.4, -0.2) is 18.6 Å². The Labute approximate surface area is 87.6 Å². The van der Waals surface area contributed by atoms with Crippen molar-refractivity contribution in [2.24, 2.45) is 0 Å². The Bertz CT molecular complexity index is 293. The number of ether oxygens (including phenoxy) is 1. The Balaban J connectivity index is 2.39. The molecular weight excluding hydrogens is 201 g/mol. The predicted octanol–water partition coefficient (Wildman–Crippen LogP) is 2.54. The number of rotatable bonds is 5. The molecule has 0 fully saturated rings. The van der Waals surface area contributed by atoms with Crippen LogP contribution in [0.4, 0.5) is 10.1 Å². The Hall–Kier alpha value is -0.900. The number of halogens is 1. The highest BCUT2D eigenvalue weighted by Gasteiger charge is 2.00. The zero-order chi connectivity index (χ0) is 10.4. The summed E-state index contributed by atoms with van der Waals surface area (Å²) >= 11 is 1.77. The van der Waals surface area contributed by atoms with E-state index >= 15 is 0 Å². The number of hydrogen-bond acceptors (Lipinski definition) is 3. The van der Waals surface area contributed by atoms with Crippen LogP contribution in [0.1, 0.15) is 6.42 Å². The van der Waals surface area contributed by atoms with Crippen LogP contribution < -0.4 is 10.5 Å². The summed E-state index contributed by atoms with van der Waals surface area (Å²) in [5, 5.41) is 0. The molecule has 0 aliphatic heterocycles. The summed E-state index contributed by atoms with van der Waals surface area (Å²) in [5.41, 5.74) is 5.49. The van der Waals surface area contributed by atoms with E-state index in [-0.39, 0.29) is 5.69 Å². The van der Waals surface area contributed by atoms with Gasteiger partial charge in [-0.3, -0.25) is 0 Å². The Morgan fingerprint density at radius 2 is 2.29 bits per heavy atom. The molecular formula is C10H14FNOS. The van der Waals surface area contributed by atoms with Gasteiger partial charge in [0.2, 0.25) is 0 Å². The minimum absolute atomic E-state index is 0.154. The van der Waals surface area contributed by atoms with E-state index in [0.717, 1.165) is 12.2 Å². The molecule has 14 heavy (non-hydrogen) atoms. The molecule has 0 amide bonds. The summed E-state index contributed by atoms with van der Waals surface area (Å²) < 4.78 is 18.3. The molecule has 1 rings (SSSR count). The van der Waals surface area contributed by atoms with Crippen LogP contribution in [0.3, 0.4) is 0 Å². The van der Waals surface area contributed by atoms with E-state index in [2.05, 4.69) is 0 Å². The number of anilines is 1. The van der Waals surface area contributed by atoms with Gasteiger partial charge in [-0.25, -0.2) is 4.39 Å². The van der Waals surface area contributed by atoms with Crippen LogP contribution in [0.5, 0.6) is 5.75 Å². The predicted molar refractivity (Wildman–Crippen MR) is 59.3 cm³/mol. The van der Waals surface area contributed by atoms with Gasteiger partial charge >= 0.3 is 0 Å². The van der Waals surface area contributed by atoms with Gasteiger partial charge in [0.25, 0.3) is 0 Å². The van der Waals surface area contributed by atoms with Crippen molar-refractivity contribution in [2.75, 3.05) is 24.3 Å². The van der Waals surface area contributed by atoms with Gasteiger partial charge in [-0.1, -0.05) is 0 Å². The lowest BCUT2D eigenvalue weighted by molar-refractivity contribution is 0.317. The van der Waals surface area contributed by atoms with E-state index in [0.29, 0.717) is 12.4 Å². The maximum absolute atomic E-state index is 12.9. The third kappa shape index (κ3) is 3.46. The molecule has 2 N–H and O–H groups in total. The normalized spacial score (nSPS) is 10.1. The monoisotopic (exact) mass is 215 g/mol. The molecule has 0 heterocycles. The van der Waals surface area contributed by atoms with Crippen molar-refractivity contribution in [3.63, 3.8) is 0 Å². The average molecular weight is 215 g/mol. The molecule has 0 aliphatic carbocycles. The van der Waals surface area contributed by atoms with Crippen molar-refractivity contribution in [1.82, 2.24) is 0 Å². The molecule has 0 aromatic heterocycles. The highest BCUT2D eigenvalue weighted by atomic mass is 32.2. The summed E-state index contributed by atoms with van der Waals surface area (Å²) in [5.74, 6) is 1.17. The Morgan fingerprint density at radius 3 is 2.93 bits per heavy atom. The van der Waals surface area contributed by atoms with E-state index in [1.165, 1.54) is 12.1 Å². The summed E-state index contributed by atoms with van der Waals surface area (Å²) in [7, 11) is 0. The van der Waals surface area contributed by atoms with Gasteiger partial charge < -0.3 is 10.5 Å². The Morgan fingerprint density at radius 1 is 1.50 bits per heavy atom. The topological polar surface area (TPSA) is 35.2 Å². The maximum atomic E-state index is 12.9. The molecule has 0 atom stereocenters. The molecule has 0 saturated heterocycles. The second-order valence-corrected chi connectivity index (χ2v) is 3.86. The second-order valence-electron chi connectivity index (χ2n) is 2.88. The lowest BCUT2D eigenvalue weighted by Crippen LogP contribution is -1.99. The molecule has 1 aromatic rings. The van der Waals surface area contributed by atoms with Crippen LogP contribution >= 0.6 is 11.8 Å². The van der Waals surface area contributed by atoms with Crippen molar-refractivity contribution in [3.8, 4) is 5.75 Å². The first-order valence-electron chi connectivity index (χ1n) is 4.41.